The quantitative estimate of drug-likeness (QED) is 0.860. The Balaban J connectivity index is 2.00. The summed E-state index contributed by atoms with van der Waals surface area (Å²) in [5, 5.41) is 12.2. The highest BCUT2D eigenvalue weighted by molar-refractivity contribution is 5.94. The minimum atomic E-state index is -0.209. The Morgan fingerprint density at radius 3 is 2.48 bits per heavy atom. The fourth-order valence-corrected chi connectivity index (χ4v) is 2.35. The van der Waals surface area contributed by atoms with Gasteiger partial charge >= 0.3 is 0 Å². The van der Waals surface area contributed by atoms with E-state index in [9.17, 15) is 9.90 Å². The van der Waals surface area contributed by atoms with Crippen LogP contribution < -0.4 is 14.8 Å². The van der Waals surface area contributed by atoms with Gasteiger partial charge in [-0.05, 0) is 54.8 Å². The first-order valence-corrected chi connectivity index (χ1v) is 7.34. The van der Waals surface area contributed by atoms with E-state index in [1.165, 1.54) is 12.1 Å². The molecule has 0 bridgehead atoms. The summed E-state index contributed by atoms with van der Waals surface area (Å²) in [4.78, 5) is 12.0. The first-order chi connectivity index (χ1) is 11.0. The van der Waals surface area contributed by atoms with Crippen LogP contribution in [-0.4, -0.2) is 31.8 Å². The van der Waals surface area contributed by atoms with Gasteiger partial charge in [0.15, 0.2) is 11.5 Å². The van der Waals surface area contributed by atoms with Gasteiger partial charge in [-0.25, -0.2) is 0 Å². The first kappa shape index (κ1) is 16.7. The van der Waals surface area contributed by atoms with E-state index in [2.05, 4.69) is 5.32 Å². The van der Waals surface area contributed by atoms with E-state index in [-0.39, 0.29) is 11.7 Å². The van der Waals surface area contributed by atoms with Crippen LogP contribution >= 0.6 is 0 Å². The van der Waals surface area contributed by atoms with E-state index >= 15 is 0 Å². The molecule has 0 unspecified atom stereocenters. The van der Waals surface area contributed by atoms with Gasteiger partial charge in [0.2, 0.25) is 0 Å². The van der Waals surface area contributed by atoms with Crippen molar-refractivity contribution in [2.75, 3.05) is 20.8 Å². The molecule has 122 valence electrons. The average Bonchev–Trinajstić information content (AvgIpc) is 2.55. The molecule has 0 aromatic heterocycles. The van der Waals surface area contributed by atoms with Crippen LogP contribution in [-0.2, 0) is 6.42 Å². The summed E-state index contributed by atoms with van der Waals surface area (Å²) in [7, 11) is 3.20. The Kier molecular flexibility index (Phi) is 5.46. The third-order valence-corrected chi connectivity index (χ3v) is 3.63. The second-order valence-electron chi connectivity index (χ2n) is 5.19. The molecule has 0 aliphatic rings. The van der Waals surface area contributed by atoms with Crippen LogP contribution in [0.4, 0.5) is 0 Å². The number of rotatable bonds is 6. The van der Waals surface area contributed by atoms with Crippen LogP contribution in [0.2, 0.25) is 0 Å². The molecule has 0 aliphatic heterocycles. The second kappa shape index (κ2) is 7.54. The van der Waals surface area contributed by atoms with E-state index in [1.54, 1.807) is 26.4 Å². The molecule has 0 aliphatic carbocycles. The Morgan fingerprint density at radius 2 is 1.83 bits per heavy atom. The van der Waals surface area contributed by atoms with Crippen molar-refractivity contribution in [1.29, 1.82) is 0 Å². The monoisotopic (exact) mass is 315 g/mol. The lowest BCUT2D eigenvalue weighted by molar-refractivity contribution is 0.0953. The smallest absolute Gasteiger partial charge is 0.251 e. The van der Waals surface area contributed by atoms with Crippen LogP contribution in [0.15, 0.2) is 36.4 Å². The highest BCUT2D eigenvalue weighted by Crippen LogP contribution is 2.30. The van der Waals surface area contributed by atoms with Crippen molar-refractivity contribution in [2.45, 2.75) is 13.3 Å². The number of nitrogens with one attached hydrogen (secondary N) is 1. The number of methoxy groups -OCH3 is 2. The van der Waals surface area contributed by atoms with Crippen LogP contribution in [0.1, 0.15) is 21.5 Å². The fraction of sp³-hybridized carbons (Fsp3) is 0.278. The summed E-state index contributed by atoms with van der Waals surface area (Å²) in [5.41, 5.74) is 2.60. The Hall–Kier alpha value is -2.69. The zero-order valence-electron chi connectivity index (χ0n) is 13.6. The Labute approximate surface area is 135 Å². The molecule has 2 N–H and O–H groups in total. The van der Waals surface area contributed by atoms with Crippen molar-refractivity contribution in [3.8, 4) is 17.2 Å². The van der Waals surface area contributed by atoms with Gasteiger partial charge in [-0.3, -0.25) is 4.79 Å². The van der Waals surface area contributed by atoms with Crippen molar-refractivity contribution in [1.82, 2.24) is 5.32 Å². The number of amides is 1. The van der Waals surface area contributed by atoms with E-state index in [0.717, 1.165) is 11.1 Å². The number of aryl methyl sites for hydroxylation is 1. The average molecular weight is 315 g/mol. The summed E-state index contributed by atoms with van der Waals surface area (Å²) in [6.07, 6.45) is 0.677. The molecule has 2 aromatic rings. The molecule has 0 fully saturated rings. The van der Waals surface area contributed by atoms with Gasteiger partial charge in [0, 0.05) is 12.1 Å². The maximum absolute atomic E-state index is 12.0. The number of phenolic OH excluding ortho intramolecular Hbond substituents is 1. The lowest BCUT2D eigenvalue weighted by Crippen LogP contribution is -2.25. The maximum atomic E-state index is 12.0. The van der Waals surface area contributed by atoms with Gasteiger partial charge in [-0.1, -0.05) is 6.07 Å². The van der Waals surface area contributed by atoms with Crippen molar-refractivity contribution in [2.24, 2.45) is 0 Å². The van der Waals surface area contributed by atoms with Crippen molar-refractivity contribution in [3.05, 3.63) is 53.1 Å². The lowest BCUT2D eigenvalue weighted by atomic mass is 10.0. The normalized spacial score (nSPS) is 10.2. The number of carbonyl (C=O) groups excluding carboxylic acids is 1. The summed E-state index contributed by atoms with van der Waals surface area (Å²) >= 11 is 0. The summed E-state index contributed by atoms with van der Waals surface area (Å²) in [5.74, 6) is 1.23. The maximum Gasteiger partial charge on any atom is 0.251 e. The molecule has 0 spiro atoms. The van der Waals surface area contributed by atoms with Crippen molar-refractivity contribution >= 4 is 5.91 Å². The van der Waals surface area contributed by atoms with Gasteiger partial charge in [0.25, 0.3) is 5.91 Å². The zero-order valence-corrected chi connectivity index (χ0v) is 13.6. The topological polar surface area (TPSA) is 67.8 Å². The number of phenols is 1. The van der Waals surface area contributed by atoms with Gasteiger partial charge in [-0.15, -0.1) is 0 Å². The molecule has 1 amide bonds. The minimum absolute atomic E-state index is 0.0772. The van der Waals surface area contributed by atoms with Gasteiger partial charge in [-0.2, -0.15) is 0 Å². The fourth-order valence-electron chi connectivity index (χ4n) is 2.35. The Bertz CT molecular complexity index is 697. The number of benzene rings is 2. The molecule has 2 rings (SSSR count). The second-order valence-corrected chi connectivity index (χ2v) is 5.19. The highest BCUT2D eigenvalue weighted by Gasteiger charge is 2.10. The Morgan fingerprint density at radius 1 is 1.13 bits per heavy atom. The molecule has 0 saturated carbocycles. The van der Waals surface area contributed by atoms with E-state index in [4.69, 9.17) is 9.47 Å². The van der Waals surface area contributed by atoms with Crippen molar-refractivity contribution in [3.63, 3.8) is 0 Å². The van der Waals surface area contributed by atoms with Crippen molar-refractivity contribution < 1.29 is 19.4 Å². The number of hydrogen-bond acceptors (Lipinski definition) is 4. The predicted octanol–water partition coefficient (Wildman–Crippen LogP) is 2.69. The minimum Gasteiger partial charge on any atom is -0.508 e. The molecular formula is C18H21NO4. The van der Waals surface area contributed by atoms with E-state index in [0.29, 0.717) is 30.0 Å². The molecule has 23 heavy (non-hydrogen) atoms. The zero-order chi connectivity index (χ0) is 16.8. The number of aromatic hydroxyl groups is 1. The standard InChI is InChI=1S/C18H21NO4/c1-12-9-16(22-2)17(23-3)11-13(12)7-8-19-18(21)14-5-4-6-15(20)10-14/h4-6,9-11,20H,7-8H2,1-3H3,(H,19,21). The van der Waals surface area contributed by atoms with Gasteiger partial charge in [0.05, 0.1) is 14.2 Å². The first-order valence-electron chi connectivity index (χ1n) is 7.34. The van der Waals surface area contributed by atoms with Crippen LogP contribution in [0.3, 0.4) is 0 Å². The SMILES string of the molecule is COc1cc(C)c(CCNC(=O)c2cccc(O)c2)cc1OC. The number of carbonyl (C=O) groups is 1. The van der Waals surface area contributed by atoms with Gasteiger partial charge in [0.1, 0.15) is 5.75 Å². The summed E-state index contributed by atoms with van der Waals surface area (Å²) < 4.78 is 10.6. The third-order valence-electron chi connectivity index (χ3n) is 3.63. The summed E-state index contributed by atoms with van der Waals surface area (Å²) in [6, 6.07) is 10.1. The molecule has 0 radical (unpaired) electrons. The van der Waals surface area contributed by atoms with E-state index < -0.39 is 0 Å². The van der Waals surface area contributed by atoms with Crippen LogP contribution in [0.5, 0.6) is 17.2 Å². The van der Waals surface area contributed by atoms with Crippen LogP contribution in [0, 0.1) is 6.92 Å². The highest BCUT2D eigenvalue weighted by atomic mass is 16.5. The van der Waals surface area contributed by atoms with E-state index in [1.807, 2.05) is 19.1 Å². The molecule has 5 nitrogen and oxygen atoms in total. The van der Waals surface area contributed by atoms with Gasteiger partial charge < -0.3 is 19.9 Å². The predicted molar refractivity (Wildman–Crippen MR) is 88.4 cm³/mol. The molecule has 0 heterocycles. The molecule has 0 saturated heterocycles. The number of hydrogen-bond donors (Lipinski definition) is 2. The molecule has 0 atom stereocenters. The van der Waals surface area contributed by atoms with Crippen LogP contribution in [0.25, 0.3) is 0 Å². The largest absolute Gasteiger partial charge is 0.508 e. The number of ether oxygens (including phenoxy) is 2. The molecule has 5 heteroatoms. The third kappa shape index (κ3) is 4.16. The molecular weight excluding hydrogens is 294 g/mol. The lowest BCUT2D eigenvalue weighted by Gasteiger charge is -2.13. The summed E-state index contributed by atoms with van der Waals surface area (Å²) in [6.45, 7) is 2.49. The molecule has 2 aromatic carbocycles.